The van der Waals surface area contributed by atoms with Gasteiger partial charge in [-0.25, -0.2) is 4.98 Å². The molecule has 0 amide bonds. The standard InChI is InChI=1S/C14H19N3/c1-8-6-9(2)12(10(3)7-8)13-11(4)16-14(15-5)17-13/h6-7H,1-5H3,(H2,15,16,17). The van der Waals surface area contributed by atoms with E-state index in [0.29, 0.717) is 0 Å². The van der Waals surface area contributed by atoms with Gasteiger partial charge in [-0.05, 0) is 38.8 Å². The average Bonchev–Trinajstić information content (AvgIpc) is 2.59. The summed E-state index contributed by atoms with van der Waals surface area (Å²) in [6.07, 6.45) is 0. The zero-order valence-electron chi connectivity index (χ0n) is 11.1. The summed E-state index contributed by atoms with van der Waals surface area (Å²) in [7, 11) is 1.87. The molecule has 0 unspecified atom stereocenters. The van der Waals surface area contributed by atoms with Crippen molar-refractivity contribution in [1.82, 2.24) is 9.97 Å². The van der Waals surface area contributed by atoms with Crippen LogP contribution in [0.3, 0.4) is 0 Å². The van der Waals surface area contributed by atoms with E-state index in [-0.39, 0.29) is 0 Å². The maximum Gasteiger partial charge on any atom is 0.200 e. The molecular weight excluding hydrogens is 210 g/mol. The normalized spacial score (nSPS) is 10.6. The minimum atomic E-state index is 0.817. The Labute approximate surface area is 102 Å². The van der Waals surface area contributed by atoms with E-state index in [1.54, 1.807) is 0 Å². The van der Waals surface area contributed by atoms with Crippen molar-refractivity contribution < 1.29 is 0 Å². The van der Waals surface area contributed by atoms with Crippen LogP contribution in [0.25, 0.3) is 11.3 Å². The molecule has 0 spiro atoms. The second-order valence-corrected chi connectivity index (χ2v) is 4.58. The second-order valence-electron chi connectivity index (χ2n) is 4.58. The van der Waals surface area contributed by atoms with Gasteiger partial charge in [-0.3, -0.25) is 0 Å². The number of aromatic nitrogens is 2. The lowest BCUT2D eigenvalue weighted by atomic mass is 9.97. The fraction of sp³-hybridized carbons (Fsp3) is 0.357. The molecule has 0 atom stereocenters. The van der Waals surface area contributed by atoms with Crippen molar-refractivity contribution in [3.63, 3.8) is 0 Å². The molecule has 0 aliphatic heterocycles. The highest BCUT2D eigenvalue weighted by molar-refractivity contribution is 5.71. The average molecular weight is 229 g/mol. The van der Waals surface area contributed by atoms with Gasteiger partial charge in [0.2, 0.25) is 5.95 Å². The summed E-state index contributed by atoms with van der Waals surface area (Å²) in [6, 6.07) is 4.41. The Balaban J connectivity index is 2.63. The Morgan fingerprint density at radius 1 is 1.06 bits per heavy atom. The van der Waals surface area contributed by atoms with Gasteiger partial charge < -0.3 is 10.3 Å². The van der Waals surface area contributed by atoms with Crippen LogP contribution < -0.4 is 5.32 Å². The Kier molecular flexibility index (Phi) is 2.92. The third-order valence-corrected chi connectivity index (χ3v) is 3.04. The van der Waals surface area contributed by atoms with Crippen molar-refractivity contribution in [3.8, 4) is 11.3 Å². The SMILES string of the molecule is CNc1nc(-c2c(C)cc(C)cc2C)c(C)[nH]1. The van der Waals surface area contributed by atoms with Crippen molar-refractivity contribution in [3.05, 3.63) is 34.5 Å². The highest BCUT2D eigenvalue weighted by Crippen LogP contribution is 2.30. The summed E-state index contributed by atoms with van der Waals surface area (Å²) >= 11 is 0. The maximum atomic E-state index is 4.58. The highest BCUT2D eigenvalue weighted by atomic mass is 15.1. The number of imidazole rings is 1. The topological polar surface area (TPSA) is 40.7 Å². The van der Waals surface area contributed by atoms with Crippen LogP contribution in [-0.4, -0.2) is 17.0 Å². The van der Waals surface area contributed by atoms with E-state index in [2.05, 4.69) is 55.1 Å². The minimum Gasteiger partial charge on any atom is -0.359 e. The van der Waals surface area contributed by atoms with E-state index < -0.39 is 0 Å². The first kappa shape index (κ1) is 11.7. The third kappa shape index (κ3) is 2.05. The zero-order chi connectivity index (χ0) is 12.6. The van der Waals surface area contributed by atoms with E-state index in [1.807, 2.05) is 7.05 Å². The molecule has 3 nitrogen and oxygen atoms in total. The van der Waals surface area contributed by atoms with Gasteiger partial charge in [0, 0.05) is 18.3 Å². The molecule has 0 fully saturated rings. The molecule has 17 heavy (non-hydrogen) atoms. The van der Waals surface area contributed by atoms with Gasteiger partial charge in [-0.2, -0.15) is 0 Å². The Bertz CT molecular complexity index is 530. The molecule has 0 saturated carbocycles. The minimum absolute atomic E-state index is 0.817. The monoisotopic (exact) mass is 229 g/mol. The van der Waals surface area contributed by atoms with Crippen LogP contribution >= 0.6 is 0 Å². The number of aryl methyl sites for hydroxylation is 4. The molecule has 2 N–H and O–H groups in total. The van der Waals surface area contributed by atoms with Crippen molar-refractivity contribution in [2.24, 2.45) is 0 Å². The molecule has 2 aromatic rings. The summed E-state index contributed by atoms with van der Waals surface area (Å²) < 4.78 is 0. The molecule has 1 aromatic heterocycles. The van der Waals surface area contributed by atoms with E-state index in [4.69, 9.17) is 0 Å². The fourth-order valence-electron chi connectivity index (χ4n) is 2.38. The molecule has 0 bridgehead atoms. The second kappa shape index (κ2) is 4.24. The third-order valence-electron chi connectivity index (χ3n) is 3.04. The van der Waals surface area contributed by atoms with Crippen LogP contribution in [0.2, 0.25) is 0 Å². The molecule has 90 valence electrons. The fourth-order valence-corrected chi connectivity index (χ4v) is 2.38. The lowest BCUT2D eigenvalue weighted by Gasteiger charge is -2.09. The Hall–Kier alpha value is -1.77. The number of hydrogen-bond acceptors (Lipinski definition) is 2. The smallest absolute Gasteiger partial charge is 0.200 e. The van der Waals surface area contributed by atoms with Gasteiger partial charge in [-0.1, -0.05) is 17.7 Å². The predicted molar refractivity (Wildman–Crippen MR) is 72.5 cm³/mol. The molecule has 3 heteroatoms. The number of benzene rings is 1. The van der Waals surface area contributed by atoms with Crippen LogP contribution in [0.5, 0.6) is 0 Å². The number of anilines is 1. The van der Waals surface area contributed by atoms with Crippen molar-refractivity contribution >= 4 is 5.95 Å². The molecule has 0 aliphatic carbocycles. The number of rotatable bonds is 2. The number of aromatic amines is 1. The quantitative estimate of drug-likeness (QED) is 0.829. The number of nitrogens with one attached hydrogen (secondary N) is 2. The first-order valence-electron chi connectivity index (χ1n) is 5.85. The maximum absolute atomic E-state index is 4.58. The summed E-state index contributed by atoms with van der Waals surface area (Å²) in [4.78, 5) is 7.82. The van der Waals surface area contributed by atoms with Crippen molar-refractivity contribution in [2.45, 2.75) is 27.7 Å². The molecule has 0 radical (unpaired) electrons. The number of hydrogen-bond donors (Lipinski definition) is 2. The van der Waals surface area contributed by atoms with Crippen molar-refractivity contribution in [1.29, 1.82) is 0 Å². The number of H-pyrrole nitrogens is 1. The molecule has 0 saturated heterocycles. The predicted octanol–water partition coefficient (Wildman–Crippen LogP) is 3.35. The van der Waals surface area contributed by atoms with Crippen LogP contribution in [0, 0.1) is 27.7 Å². The lowest BCUT2D eigenvalue weighted by Crippen LogP contribution is -1.92. The molecule has 1 aromatic carbocycles. The first-order valence-corrected chi connectivity index (χ1v) is 5.85. The molecule has 0 aliphatic rings. The lowest BCUT2D eigenvalue weighted by molar-refractivity contribution is 1.23. The van der Waals surface area contributed by atoms with Gasteiger partial charge in [0.1, 0.15) is 0 Å². The first-order chi connectivity index (χ1) is 8.02. The summed E-state index contributed by atoms with van der Waals surface area (Å²) in [5, 5.41) is 3.04. The van der Waals surface area contributed by atoms with E-state index >= 15 is 0 Å². The van der Waals surface area contributed by atoms with Gasteiger partial charge in [0.15, 0.2) is 0 Å². The van der Waals surface area contributed by atoms with Crippen molar-refractivity contribution in [2.75, 3.05) is 12.4 Å². The largest absolute Gasteiger partial charge is 0.359 e. The van der Waals surface area contributed by atoms with Crippen LogP contribution in [0.15, 0.2) is 12.1 Å². The van der Waals surface area contributed by atoms with Gasteiger partial charge >= 0.3 is 0 Å². The van der Waals surface area contributed by atoms with Crippen LogP contribution in [0.4, 0.5) is 5.95 Å². The van der Waals surface area contributed by atoms with Crippen LogP contribution in [0.1, 0.15) is 22.4 Å². The molecule has 2 rings (SSSR count). The van der Waals surface area contributed by atoms with E-state index in [1.165, 1.54) is 22.3 Å². The molecular formula is C14H19N3. The highest BCUT2D eigenvalue weighted by Gasteiger charge is 2.13. The summed E-state index contributed by atoms with van der Waals surface area (Å²) in [5.74, 6) is 0.817. The van der Waals surface area contributed by atoms with Gasteiger partial charge in [0.05, 0.1) is 5.69 Å². The van der Waals surface area contributed by atoms with E-state index in [0.717, 1.165) is 17.3 Å². The summed E-state index contributed by atoms with van der Waals surface area (Å²) in [6.45, 7) is 8.47. The van der Waals surface area contributed by atoms with Gasteiger partial charge in [0.25, 0.3) is 0 Å². The Morgan fingerprint density at radius 2 is 1.65 bits per heavy atom. The zero-order valence-corrected chi connectivity index (χ0v) is 11.1. The number of nitrogens with zero attached hydrogens (tertiary/aromatic N) is 1. The summed E-state index contributed by atoms with van der Waals surface area (Å²) in [5.41, 5.74) is 7.24. The van der Waals surface area contributed by atoms with Crippen LogP contribution in [-0.2, 0) is 0 Å². The molecule has 1 heterocycles. The Morgan fingerprint density at radius 3 is 2.12 bits per heavy atom. The van der Waals surface area contributed by atoms with E-state index in [9.17, 15) is 0 Å². The van der Waals surface area contributed by atoms with Gasteiger partial charge in [-0.15, -0.1) is 0 Å².